The number of nitrogens with zero attached hydrogens (tertiary/aromatic N) is 4. The Morgan fingerprint density at radius 1 is 1.39 bits per heavy atom. The molecule has 0 aromatic carbocycles. The molecule has 1 saturated heterocycles. The molecule has 1 aliphatic heterocycles. The van der Waals surface area contributed by atoms with Crippen LogP contribution in [0.1, 0.15) is 26.2 Å². The van der Waals surface area contributed by atoms with Crippen LogP contribution in [0.3, 0.4) is 0 Å². The second-order valence-corrected chi connectivity index (χ2v) is 4.99. The monoisotopic (exact) mass is 245 g/mol. The number of rotatable bonds is 2. The molecule has 0 spiro atoms. The van der Waals surface area contributed by atoms with Gasteiger partial charge in [-0.05, 0) is 32.3 Å². The first-order valence-electron chi connectivity index (χ1n) is 6.58. The summed E-state index contributed by atoms with van der Waals surface area (Å²) >= 11 is 0. The lowest BCUT2D eigenvalue weighted by molar-refractivity contribution is 0.398. The molecule has 3 heterocycles. The van der Waals surface area contributed by atoms with Crippen molar-refractivity contribution in [3.8, 4) is 0 Å². The van der Waals surface area contributed by atoms with Crippen LogP contribution in [0.4, 0.5) is 5.82 Å². The molecule has 0 aliphatic carbocycles. The molecule has 5 nitrogen and oxygen atoms in total. The molecule has 1 fully saturated rings. The molecule has 2 aromatic heterocycles. The van der Waals surface area contributed by atoms with Gasteiger partial charge >= 0.3 is 0 Å². The van der Waals surface area contributed by atoms with E-state index in [1.54, 1.807) is 0 Å². The van der Waals surface area contributed by atoms with Gasteiger partial charge in [-0.3, -0.25) is 0 Å². The maximum atomic E-state index is 5.92. The van der Waals surface area contributed by atoms with Crippen LogP contribution < -0.4 is 10.6 Å². The third-order valence-corrected chi connectivity index (χ3v) is 3.85. The Morgan fingerprint density at radius 3 is 3.11 bits per heavy atom. The van der Waals surface area contributed by atoms with Gasteiger partial charge in [0.2, 0.25) is 0 Å². The van der Waals surface area contributed by atoms with Gasteiger partial charge in [-0.1, -0.05) is 0 Å². The van der Waals surface area contributed by atoms with Crippen LogP contribution in [0.2, 0.25) is 0 Å². The quantitative estimate of drug-likeness (QED) is 0.869. The molecular formula is C13H19N5. The van der Waals surface area contributed by atoms with Crippen LogP contribution in [0, 0.1) is 0 Å². The highest BCUT2D eigenvalue weighted by molar-refractivity contribution is 5.69. The number of nitrogens with two attached hydrogens (primary N) is 1. The molecule has 2 unspecified atom stereocenters. The Labute approximate surface area is 107 Å². The Morgan fingerprint density at radius 2 is 2.28 bits per heavy atom. The van der Waals surface area contributed by atoms with Gasteiger partial charge in [-0.25, -0.2) is 9.50 Å². The average Bonchev–Trinajstić information content (AvgIpc) is 2.86. The van der Waals surface area contributed by atoms with Crippen molar-refractivity contribution in [3.63, 3.8) is 0 Å². The second kappa shape index (κ2) is 4.57. The number of anilines is 1. The molecular weight excluding hydrogens is 226 g/mol. The predicted molar refractivity (Wildman–Crippen MR) is 71.6 cm³/mol. The van der Waals surface area contributed by atoms with Gasteiger partial charge in [0.15, 0.2) is 5.82 Å². The SMILES string of the molecule is CC1CCCC(CN)N1c1nccn2nccc12. The highest BCUT2D eigenvalue weighted by Gasteiger charge is 2.29. The smallest absolute Gasteiger partial charge is 0.155 e. The van der Waals surface area contributed by atoms with Crippen molar-refractivity contribution in [2.75, 3.05) is 11.4 Å². The van der Waals surface area contributed by atoms with E-state index in [0.29, 0.717) is 18.6 Å². The largest absolute Gasteiger partial charge is 0.348 e. The van der Waals surface area contributed by atoms with Gasteiger partial charge < -0.3 is 10.6 Å². The Kier molecular flexibility index (Phi) is 2.91. The predicted octanol–water partition coefficient (Wildman–Crippen LogP) is 1.44. The van der Waals surface area contributed by atoms with Crippen molar-refractivity contribution in [2.24, 2.45) is 5.73 Å². The molecule has 0 amide bonds. The number of hydrogen-bond donors (Lipinski definition) is 1. The first-order valence-corrected chi connectivity index (χ1v) is 6.58. The lowest BCUT2D eigenvalue weighted by Gasteiger charge is -2.41. The summed E-state index contributed by atoms with van der Waals surface area (Å²) in [4.78, 5) is 6.94. The normalized spacial score (nSPS) is 24.7. The summed E-state index contributed by atoms with van der Waals surface area (Å²) < 4.78 is 1.87. The van der Waals surface area contributed by atoms with Gasteiger partial charge in [0.05, 0.1) is 6.20 Å². The van der Waals surface area contributed by atoms with Crippen molar-refractivity contribution in [1.29, 1.82) is 0 Å². The molecule has 5 heteroatoms. The van der Waals surface area contributed by atoms with Gasteiger partial charge in [0.1, 0.15) is 5.52 Å². The molecule has 2 atom stereocenters. The van der Waals surface area contributed by atoms with Crippen molar-refractivity contribution in [1.82, 2.24) is 14.6 Å². The number of hydrogen-bond acceptors (Lipinski definition) is 4. The lowest BCUT2D eigenvalue weighted by Crippen LogP contribution is -2.49. The van der Waals surface area contributed by atoms with E-state index in [0.717, 1.165) is 17.8 Å². The third kappa shape index (κ3) is 1.75. The van der Waals surface area contributed by atoms with Crippen LogP contribution >= 0.6 is 0 Å². The minimum absolute atomic E-state index is 0.391. The zero-order chi connectivity index (χ0) is 12.5. The van der Waals surface area contributed by atoms with Crippen molar-refractivity contribution in [2.45, 2.75) is 38.3 Å². The maximum Gasteiger partial charge on any atom is 0.155 e. The fourth-order valence-electron chi connectivity index (χ4n) is 2.94. The fraction of sp³-hybridized carbons (Fsp3) is 0.538. The molecule has 3 rings (SSSR count). The molecule has 0 bridgehead atoms. The summed E-state index contributed by atoms with van der Waals surface area (Å²) in [7, 11) is 0. The summed E-state index contributed by atoms with van der Waals surface area (Å²) in [6.07, 6.45) is 9.11. The summed E-state index contributed by atoms with van der Waals surface area (Å²) in [5.74, 6) is 1.01. The minimum Gasteiger partial charge on any atom is -0.348 e. The van der Waals surface area contributed by atoms with E-state index < -0.39 is 0 Å². The van der Waals surface area contributed by atoms with Crippen LogP contribution in [-0.2, 0) is 0 Å². The van der Waals surface area contributed by atoms with Crippen LogP contribution in [0.15, 0.2) is 24.7 Å². The Balaban J connectivity index is 2.08. The zero-order valence-electron chi connectivity index (χ0n) is 10.7. The summed E-state index contributed by atoms with van der Waals surface area (Å²) in [5.41, 5.74) is 6.98. The lowest BCUT2D eigenvalue weighted by atomic mass is 9.96. The van der Waals surface area contributed by atoms with E-state index in [2.05, 4.69) is 21.9 Å². The van der Waals surface area contributed by atoms with Crippen LogP contribution in [0.5, 0.6) is 0 Å². The van der Waals surface area contributed by atoms with Crippen molar-refractivity contribution in [3.05, 3.63) is 24.7 Å². The molecule has 2 aromatic rings. The van der Waals surface area contributed by atoms with Gasteiger partial charge in [-0.2, -0.15) is 5.10 Å². The molecule has 1 aliphatic rings. The van der Waals surface area contributed by atoms with Crippen molar-refractivity contribution < 1.29 is 0 Å². The van der Waals surface area contributed by atoms with E-state index in [-0.39, 0.29) is 0 Å². The second-order valence-electron chi connectivity index (χ2n) is 4.99. The van der Waals surface area contributed by atoms with Gasteiger partial charge in [0, 0.05) is 31.0 Å². The summed E-state index contributed by atoms with van der Waals surface area (Å²) in [5, 5.41) is 4.27. The first kappa shape index (κ1) is 11.5. The fourth-order valence-corrected chi connectivity index (χ4v) is 2.94. The van der Waals surface area contributed by atoms with E-state index >= 15 is 0 Å². The van der Waals surface area contributed by atoms with Crippen molar-refractivity contribution >= 4 is 11.3 Å². The van der Waals surface area contributed by atoms with Gasteiger partial charge in [-0.15, -0.1) is 0 Å². The molecule has 18 heavy (non-hydrogen) atoms. The zero-order valence-corrected chi connectivity index (χ0v) is 10.7. The van der Waals surface area contributed by atoms with E-state index in [1.165, 1.54) is 12.8 Å². The molecule has 2 N–H and O–H groups in total. The topological polar surface area (TPSA) is 59.5 Å². The molecule has 0 saturated carbocycles. The summed E-state index contributed by atoms with van der Waals surface area (Å²) in [6, 6.07) is 2.89. The number of aromatic nitrogens is 3. The summed E-state index contributed by atoms with van der Waals surface area (Å²) in [6.45, 7) is 2.94. The maximum absolute atomic E-state index is 5.92. The highest BCUT2D eigenvalue weighted by Crippen LogP contribution is 2.29. The Hall–Kier alpha value is -1.62. The first-order chi connectivity index (χ1) is 8.81. The molecule has 0 radical (unpaired) electrons. The molecule has 96 valence electrons. The highest BCUT2D eigenvalue weighted by atomic mass is 15.3. The van der Waals surface area contributed by atoms with E-state index in [4.69, 9.17) is 5.73 Å². The van der Waals surface area contributed by atoms with Crippen LogP contribution in [0.25, 0.3) is 5.52 Å². The average molecular weight is 245 g/mol. The minimum atomic E-state index is 0.391. The third-order valence-electron chi connectivity index (χ3n) is 3.85. The van der Waals surface area contributed by atoms with E-state index in [1.807, 2.05) is 29.2 Å². The van der Waals surface area contributed by atoms with Gasteiger partial charge in [0.25, 0.3) is 0 Å². The van der Waals surface area contributed by atoms with E-state index in [9.17, 15) is 0 Å². The van der Waals surface area contributed by atoms with Crippen LogP contribution in [-0.4, -0.2) is 33.2 Å². The standard InChI is InChI=1S/C13H19N5/c1-10-3-2-4-11(9-14)18(10)13-12-5-6-16-17(12)8-7-15-13/h5-8,10-11H,2-4,9,14H2,1H3. The number of piperidine rings is 1. The Bertz CT molecular complexity index is 535. The number of fused-ring (bicyclic) bond motifs is 1.